The van der Waals surface area contributed by atoms with E-state index in [4.69, 9.17) is 5.73 Å². The van der Waals surface area contributed by atoms with Gasteiger partial charge in [-0.2, -0.15) is 0 Å². The van der Waals surface area contributed by atoms with Gasteiger partial charge in [-0.05, 0) is 36.5 Å². The largest absolute Gasteiger partial charge is 0.324 e. The molecule has 0 saturated heterocycles. The number of nitrogens with two attached hydrogens (primary N) is 1. The maximum atomic E-state index is 6.25. The number of pyridine rings is 1. The maximum Gasteiger partial charge on any atom is 0.0301 e. The Labute approximate surface area is 91.9 Å². The fraction of sp³-hybridized carbons (Fsp3) is 0.615. The van der Waals surface area contributed by atoms with E-state index in [9.17, 15) is 0 Å². The molecule has 1 fully saturated rings. The number of rotatable bonds is 3. The summed E-state index contributed by atoms with van der Waals surface area (Å²) in [4.78, 5) is 4.10. The highest BCUT2D eigenvalue weighted by molar-refractivity contribution is 5.24. The van der Waals surface area contributed by atoms with Gasteiger partial charge in [-0.25, -0.2) is 0 Å². The molecule has 0 aromatic carbocycles. The van der Waals surface area contributed by atoms with Crippen molar-refractivity contribution in [3.05, 3.63) is 29.6 Å². The van der Waals surface area contributed by atoms with Gasteiger partial charge in [0.2, 0.25) is 0 Å². The van der Waals surface area contributed by atoms with Crippen molar-refractivity contribution < 1.29 is 0 Å². The van der Waals surface area contributed by atoms with Gasteiger partial charge in [0.15, 0.2) is 0 Å². The van der Waals surface area contributed by atoms with E-state index in [1.807, 2.05) is 12.4 Å². The maximum absolute atomic E-state index is 6.25. The van der Waals surface area contributed by atoms with Crippen LogP contribution in [0.5, 0.6) is 0 Å². The Bertz CT molecular complexity index is 316. The summed E-state index contributed by atoms with van der Waals surface area (Å²) in [6.07, 6.45) is 10.4. The van der Waals surface area contributed by atoms with Gasteiger partial charge >= 0.3 is 0 Å². The lowest BCUT2D eigenvalue weighted by atomic mass is 9.93. The lowest BCUT2D eigenvalue weighted by Gasteiger charge is -2.18. The van der Waals surface area contributed by atoms with E-state index < -0.39 is 0 Å². The Balaban J connectivity index is 2.00. The Kier molecular flexibility index (Phi) is 3.37. The molecule has 2 N–H and O–H groups in total. The second-order valence-electron chi connectivity index (χ2n) is 4.72. The van der Waals surface area contributed by atoms with E-state index in [-0.39, 0.29) is 6.04 Å². The van der Waals surface area contributed by atoms with Crippen LogP contribution in [0.3, 0.4) is 0 Å². The molecular formula is C13H20N2. The molecule has 0 bridgehead atoms. The first kappa shape index (κ1) is 10.6. The highest BCUT2D eigenvalue weighted by atomic mass is 14.7. The van der Waals surface area contributed by atoms with E-state index in [0.717, 1.165) is 12.3 Å². The van der Waals surface area contributed by atoms with Crippen LogP contribution in [0, 0.1) is 12.8 Å². The number of hydrogen-bond acceptors (Lipinski definition) is 2. The SMILES string of the molecule is Cc1cnccc1C(N)CC1CCCC1. The van der Waals surface area contributed by atoms with Crippen LogP contribution in [-0.2, 0) is 0 Å². The van der Waals surface area contributed by atoms with Gasteiger partial charge in [0.05, 0.1) is 0 Å². The Morgan fingerprint density at radius 2 is 2.20 bits per heavy atom. The summed E-state index contributed by atoms with van der Waals surface area (Å²) >= 11 is 0. The zero-order valence-corrected chi connectivity index (χ0v) is 9.45. The van der Waals surface area contributed by atoms with Crippen molar-refractivity contribution >= 4 is 0 Å². The van der Waals surface area contributed by atoms with E-state index in [1.165, 1.54) is 36.8 Å². The molecule has 0 amide bonds. The van der Waals surface area contributed by atoms with E-state index in [1.54, 1.807) is 0 Å². The fourth-order valence-corrected chi connectivity index (χ4v) is 2.63. The second-order valence-corrected chi connectivity index (χ2v) is 4.72. The van der Waals surface area contributed by atoms with Gasteiger partial charge in [-0.15, -0.1) is 0 Å². The topological polar surface area (TPSA) is 38.9 Å². The van der Waals surface area contributed by atoms with Crippen molar-refractivity contribution in [3.8, 4) is 0 Å². The molecule has 2 heteroatoms. The first-order valence-electron chi connectivity index (χ1n) is 5.93. The van der Waals surface area contributed by atoms with Crippen molar-refractivity contribution in [3.63, 3.8) is 0 Å². The molecule has 1 aromatic rings. The quantitative estimate of drug-likeness (QED) is 0.822. The van der Waals surface area contributed by atoms with Crippen molar-refractivity contribution in [1.82, 2.24) is 4.98 Å². The summed E-state index contributed by atoms with van der Waals surface area (Å²) in [5, 5.41) is 0. The molecular weight excluding hydrogens is 184 g/mol. The summed E-state index contributed by atoms with van der Waals surface area (Å²) in [6, 6.07) is 2.27. The van der Waals surface area contributed by atoms with Crippen molar-refractivity contribution in [2.45, 2.75) is 45.1 Å². The minimum atomic E-state index is 0.205. The van der Waals surface area contributed by atoms with Crippen molar-refractivity contribution in [2.24, 2.45) is 11.7 Å². The molecule has 1 atom stereocenters. The zero-order valence-electron chi connectivity index (χ0n) is 9.45. The summed E-state index contributed by atoms with van der Waals surface area (Å²) in [5.41, 5.74) is 8.75. The first-order chi connectivity index (χ1) is 7.27. The number of aromatic nitrogens is 1. The summed E-state index contributed by atoms with van der Waals surface area (Å²) in [6.45, 7) is 2.09. The predicted octanol–water partition coefficient (Wildman–Crippen LogP) is 2.97. The predicted molar refractivity (Wildman–Crippen MR) is 62.5 cm³/mol. The fourth-order valence-electron chi connectivity index (χ4n) is 2.63. The van der Waals surface area contributed by atoms with Gasteiger partial charge in [-0.1, -0.05) is 25.7 Å². The molecule has 82 valence electrons. The van der Waals surface area contributed by atoms with Crippen LogP contribution in [0.1, 0.15) is 49.3 Å². The molecule has 0 radical (unpaired) electrons. The average molecular weight is 204 g/mol. The van der Waals surface area contributed by atoms with Gasteiger partial charge in [-0.3, -0.25) is 4.98 Å². The van der Waals surface area contributed by atoms with Crippen LogP contribution in [0.15, 0.2) is 18.5 Å². The number of hydrogen-bond donors (Lipinski definition) is 1. The summed E-state index contributed by atoms with van der Waals surface area (Å²) < 4.78 is 0. The highest BCUT2D eigenvalue weighted by Gasteiger charge is 2.19. The molecule has 2 rings (SSSR count). The molecule has 0 aliphatic heterocycles. The standard InChI is InChI=1S/C13H20N2/c1-10-9-15-7-6-12(10)13(14)8-11-4-2-3-5-11/h6-7,9,11,13H,2-5,8,14H2,1H3. The highest BCUT2D eigenvalue weighted by Crippen LogP contribution is 2.32. The van der Waals surface area contributed by atoms with Gasteiger partial charge in [0.1, 0.15) is 0 Å². The van der Waals surface area contributed by atoms with Crippen LogP contribution in [-0.4, -0.2) is 4.98 Å². The van der Waals surface area contributed by atoms with Crippen LogP contribution in [0.2, 0.25) is 0 Å². The van der Waals surface area contributed by atoms with E-state index in [2.05, 4.69) is 18.0 Å². The summed E-state index contributed by atoms with van der Waals surface area (Å²) in [7, 11) is 0. The zero-order chi connectivity index (χ0) is 10.7. The third-order valence-electron chi connectivity index (χ3n) is 3.53. The van der Waals surface area contributed by atoms with Gasteiger partial charge in [0, 0.05) is 18.4 Å². The smallest absolute Gasteiger partial charge is 0.0301 e. The normalized spacial score (nSPS) is 19.3. The lowest BCUT2D eigenvalue weighted by Crippen LogP contribution is -2.15. The van der Waals surface area contributed by atoms with Crippen molar-refractivity contribution in [2.75, 3.05) is 0 Å². The monoisotopic (exact) mass is 204 g/mol. The van der Waals surface area contributed by atoms with Crippen LogP contribution in [0.25, 0.3) is 0 Å². The Morgan fingerprint density at radius 1 is 1.47 bits per heavy atom. The molecule has 1 aliphatic rings. The second kappa shape index (κ2) is 4.75. The van der Waals surface area contributed by atoms with Crippen LogP contribution in [0.4, 0.5) is 0 Å². The molecule has 0 spiro atoms. The van der Waals surface area contributed by atoms with E-state index in [0.29, 0.717) is 0 Å². The first-order valence-corrected chi connectivity index (χ1v) is 5.93. The minimum Gasteiger partial charge on any atom is -0.324 e. The molecule has 1 heterocycles. The molecule has 2 nitrogen and oxygen atoms in total. The molecule has 15 heavy (non-hydrogen) atoms. The summed E-state index contributed by atoms with van der Waals surface area (Å²) in [5.74, 6) is 0.854. The van der Waals surface area contributed by atoms with Crippen molar-refractivity contribution in [1.29, 1.82) is 0 Å². The van der Waals surface area contributed by atoms with Gasteiger partial charge in [0.25, 0.3) is 0 Å². The molecule has 1 unspecified atom stereocenters. The number of aryl methyl sites for hydroxylation is 1. The third kappa shape index (κ3) is 2.57. The van der Waals surface area contributed by atoms with E-state index >= 15 is 0 Å². The van der Waals surface area contributed by atoms with Crippen LogP contribution < -0.4 is 5.73 Å². The average Bonchev–Trinajstić information content (AvgIpc) is 2.71. The Morgan fingerprint density at radius 3 is 2.87 bits per heavy atom. The third-order valence-corrected chi connectivity index (χ3v) is 3.53. The molecule has 1 aliphatic carbocycles. The number of nitrogens with zero attached hydrogens (tertiary/aromatic N) is 1. The lowest BCUT2D eigenvalue weighted by molar-refractivity contribution is 0.450. The minimum absolute atomic E-state index is 0.205. The molecule has 1 saturated carbocycles. The van der Waals surface area contributed by atoms with Crippen LogP contribution >= 0.6 is 0 Å². The molecule has 1 aromatic heterocycles. The Hall–Kier alpha value is -0.890. The van der Waals surface area contributed by atoms with Gasteiger partial charge < -0.3 is 5.73 Å².